The Kier molecular flexibility index (Phi) is 7.85. The van der Waals surface area contributed by atoms with Gasteiger partial charge in [-0.05, 0) is 44.0 Å². The molecular formula is C32H37N7O3. The van der Waals surface area contributed by atoms with Crippen LogP contribution in [0.4, 0.5) is 11.5 Å². The molecule has 1 amide bonds. The highest BCUT2D eigenvalue weighted by atomic mass is 16.5. The average molecular weight is 568 g/mol. The lowest BCUT2D eigenvalue weighted by Crippen LogP contribution is -2.56. The Morgan fingerprint density at radius 2 is 2.02 bits per heavy atom. The number of anilines is 2. The first-order valence-corrected chi connectivity index (χ1v) is 14.6. The van der Waals surface area contributed by atoms with Crippen molar-refractivity contribution < 1.29 is 14.6 Å². The number of ether oxygens (including phenoxy) is 1. The average Bonchev–Trinajstić information content (AvgIpc) is 3.43. The van der Waals surface area contributed by atoms with Gasteiger partial charge in [-0.3, -0.25) is 4.79 Å². The largest absolute Gasteiger partial charge is 0.508 e. The van der Waals surface area contributed by atoms with Crippen LogP contribution in [0.25, 0.3) is 15.6 Å². The minimum atomic E-state index is -0.246. The summed E-state index contributed by atoms with van der Waals surface area (Å²) in [5, 5.41) is 12.6. The standard InChI is InChI=1S/C32H37N7O3/c1-4-30(41)39-14-13-38(19-24(39)17-33-2)31-27-10-12-37(29-16-25(40)15-23-7-5-6-8-26(23)29)20-28(27)34-32(35-31)42-21-22-9-11-36(3)18-22/h4-8,15-16,22,24,40H,1,9-14,17-21H2,3H3/t22-,24+/m1/s1. The summed E-state index contributed by atoms with van der Waals surface area (Å²) < 4.78 is 6.26. The molecule has 0 spiro atoms. The van der Waals surface area contributed by atoms with E-state index in [0.717, 1.165) is 66.0 Å². The van der Waals surface area contributed by atoms with Crippen molar-refractivity contribution in [1.29, 1.82) is 0 Å². The molecule has 3 aliphatic heterocycles. The van der Waals surface area contributed by atoms with Crippen LogP contribution in [0.15, 0.2) is 49.1 Å². The molecule has 3 aliphatic rings. The van der Waals surface area contributed by atoms with E-state index in [-0.39, 0.29) is 24.2 Å². The highest BCUT2D eigenvalue weighted by Crippen LogP contribution is 2.36. The lowest BCUT2D eigenvalue weighted by Gasteiger charge is -2.41. The molecule has 42 heavy (non-hydrogen) atoms. The molecule has 6 rings (SSSR count). The molecule has 2 aromatic carbocycles. The number of nitrogens with zero attached hydrogens (tertiary/aromatic N) is 7. The van der Waals surface area contributed by atoms with Gasteiger partial charge in [0, 0.05) is 61.3 Å². The number of hydrogen-bond donors (Lipinski definition) is 1. The zero-order valence-corrected chi connectivity index (χ0v) is 24.1. The predicted molar refractivity (Wildman–Crippen MR) is 163 cm³/mol. The fourth-order valence-electron chi connectivity index (χ4n) is 6.53. The van der Waals surface area contributed by atoms with Gasteiger partial charge < -0.3 is 34.3 Å². The fourth-order valence-corrected chi connectivity index (χ4v) is 6.53. The van der Waals surface area contributed by atoms with Crippen LogP contribution in [0.2, 0.25) is 0 Å². The van der Waals surface area contributed by atoms with Gasteiger partial charge in [0.25, 0.3) is 0 Å². The minimum Gasteiger partial charge on any atom is -0.508 e. The number of benzene rings is 2. The number of hydrogen-bond acceptors (Lipinski definition) is 8. The molecule has 10 nitrogen and oxygen atoms in total. The SMILES string of the molecule is [C-]#[N+]C[C@H]1CN(c2nc(OC[C@@H]3CCN(C)C3)nc3c2CCN(c2cc(O)cc4ccccc24)C3)CCN1C(=O)C=C. The Bertz CT molecular complexity index is 1540. The quantitative estimate of drug-likeness (QED) is 0.344. The number of aromatic hydroxyl groups is 1. The molecule has 3 aromatic rings. The van der Waals surface area contributed by atoms with Crippen molar-refractivity contribution in [3.8, 4) is 11.8 Å². The molecular weight excluding hydrogens is 530 g/mol. The zero-order chi connectivity index (χ0) is 29.2. The number of carbonyl (C=O) groups excluding carboxylic acids is 1. The van der Waals surface area contributed by atoms with Crippen molar-refractivity contribution in [2.45, 2.75) is 25.4 Å². The van der Waals surface area contributed by atoms with Crippen molar-refractivity contribution in [3.05, 3.63) is 71.7 Å². The molecule has 0 radical (unpaired) electrons. The summed E-state index contributed by atoms with van der Waals surface area (Å²) in [4.78, 5) is 34.5. The van der Waals surface area contributed by atoms with Crippen LogP contribution in [-0.4, -0.2) is 96.3 Å². The van der Waals surface area contributed by atoms with Gasteiger partial charge in [0.2, 0.25) is 12.5 Å². The van der Waals surface area contributed by atoms with E-state index >= 15 is 0 Å². The molecule has 2 atom stereocenters. The van der Waals surface area contributed by atoms with Crippen LogP contribution < -0.4 is 14.5 Å². The molecule has 0 unspecified atom stereocenters. The lowest BCUT2D eigenvalue weighted by molar-refractivity contribution is -0.128. The Morgan fingerprint density at radius 1 is 1.17 bits per heavy atom. The number of phenols is 1. The summed E-state index contributed by atoms with van der Waals surface area (Å²) in [5.74, 6) is 1.36. The Morgan fingerprint density at radius 3 is 2.81 bits per heavy atom. The third kappa shape index (κ3) is 5.57. The van der Waals surface area contributed by atoms with Crippen LogP contribution in [0.1, 0.15) is 17.7 Å². The number of phenolic OH excluding ortho intramolecular Hbond substituents is 1. The van der Waals surface area contributed by atoms with Crippen LogP contribution in [-0.2, 0) is 17.8 Å². The first-order chi connectivity index (χ1) is 20.4. The molecule has 1 N–H and O–H groups in total. The van der Waals surface area contributed by atoms with E-state index in [1.165, 1.54) is 6.08 Å². The summed E-state index contributed by atoms with van der Waals surface area (Å²) in [6.07, 6.45) is 3.14. The van der Waals surface area contributed by atoms with Gasteiger partial charge in [-0.15, -0.1) is 0 Å². The van der Waals surface area contributed by atoms with E-state index < -0.39 is 0 Å². The Hall–Kier alpha value is -4.36. The monoisotopic (exact) mass is 567 g/mol. The first-order valence-electron chi connectivity index (χ1n) is 14.6. The fraction of sp³-hybridized carbons (Fsp3) is 0.438. The number of amides is 1. The van der Waals surface area contributed by atoms with Gasteiger partial charge in [-0.1, -0.05) is 30.8 Å². The van der Waals surface area contributed by atoms with Gasteiger partial charge in [0.1, 0.15) is 17.6 Å². The number of rotatable bonds is 7. The van der Waals surface area contributed by atoms with Gasteiger partial charge >= 0.3 is 6.01 Å². The van der Waals surface area contributed by atoms with Gasteiger partial charge in [-0.2, -0.15) is 9.97 Å². The molecule has 0 saturated carbocycles. The molecule has 4 heterocycles. The second-order valence-corrected chi connectivity index (χ2v) is 11.5. The third-order valence-electron chi connectivity index (χ3n) is 8.67. The minimum absolute atomic E-state index is 0.146. The zero-order valence-electron chi connectivity index (χ0n) is 24.1. The van der Waals surface area contributed by atoms with Crippen LogP contribution in [0.5, 0.6) is 11.8 Å². The number of piperazine rings is 1. The topological polar surface area (TPSA) is 89.6 Å². The summed E-state index contributed by atoms with van der Waals surface area (Å²) in [5.41, 5.74) is 2.96. The lowest BCUT2D eigenvalue weighted by atomic mass is 10.0. The van der Waals surface area contributed by atoms with Crippen molar-refractivity contribution >= 4 is 28.2 Å². The Labute approximate surface area is 246 Å². The van der Waals surface area contributed by atoms with Gasteiger partial charge in [-0.25, -0.2) is 6.57 Å². The highest BCUT2D eigenvalue weighted by molar-refractivity contribution is 5.95. The van der Waals surface area contributed by atoms with Crippen molar-refractivity contribution in [1.82, 2.24) is 19.8 Å². The second-order valence-electron chi connectivity index (χ2n) is 11.5. The normalized spacial score (nSPS) is 20.8. The summed E-state index contributed by atoms with van der Waals surface area (Å²) in [6.45, 7) is 16.9. The number of aromatic nitrogens is 2. The molecule has 2 fully saturated rings. The molecule has 0 bridgehead atoms. The molecule has 0 aliphatic carbocycles. The third-order valence-corrected chi connectivity index (χ3v) is 8.67. The maximum absolute atomic E-state index is 12.5. The van der Waals surface area contributed by atoms with E-state index in [1.54, 1.807) is 11.0 Å². The van der Waals surface area contributed by atoms with E-state index in [1.807, 2.05) is 24.3 Å². The Balaban J connectivity index is 1.33. The summed E-state index contributed by atoms with van der Waals surface area (Å²) >= 11 is 0. The van der Waals surface area contributed by atoms with Crippen LogP contribution >= 0.6 is 0 Å². The molecule has 2 saturated heterocycles. The first kappa shape index (κ1) is 27.8. The van der Waals surface area contributed by atoms with E-state index in [9.17, 15) is 9.90 Å². The van der Waals surface area contributed by atoms with Crippen molar-refractivity contribution in [2.75, 3.05) is 69.3 Å². The smallest absolute Gasteiger partial charge is 0.318 e. The maximum atomic E-state index is 12.5. The summed E-state index contributed by atoms with van der Waals surface area (Å²) in [6, 6.07) is 11.8. The molecule has 218 valence electrons. The summed E-state index contributed by atoms with van der Waals surface area (Å²) in [7, 11) is 2.13. The van der Waals surface area contributed by atoms with Crippen LogP contribution in [0.3, 0.4) is 0 Å². The maximum Gasteiger partial charge on any atom is 0.318 e. The predicted octanol–water partition coefficient (Wildman–Crippen LogP) is 3.35. The van der Waals surface area contributed by atoms with E-state index in [4.69, 9.17) is 21.3 Å². The highest BCUT2D eigenvalue weighted by Gasteiger charge is 2.35. The van der Waals surface area contributed by atoms with E-state index in [0.29, 0.717) is 44.7 Å². The van der Waals surface area contributed by atoms with Crippen molar-refractivity contribution in [3.63, 3.8) is 0 Å². The second kappa shape index (κ2) is 11.9. The molecule has 10 heteroatoms. The number of likely N-dealkylation sites (tertiary alicyclic amines) is 1. The van der Waals surface area contributed by atoms with E-state index in [2.05, 4.69) is 39.2 Å². The van der Waals surface area contributed by atoms with Crippen LogP contribution in [0, 0.1) is 12.5 Å². The number of fused-ring (bicyclic) bond motifs is 2. The number of carbonyl (C=O) groups is 1. The van der Waals surface area contributed by atoms with Crippen molar-refractivity contribution in [2.24, 2.45) is 5.92 Å². The van der Waals surface area contributed by atoms with Gasteiger partial charge in [0.15, 0.2) is 0 Å². The van der Waals surface area contributed by atoms with Gasteiger partial charge in [0.05, 0.1) is 18.8 Å². The molecule has 1 aromatic heterocycles.